The molecule has 9 heteroatoms. The van der Waals surface area contributed by atoms with E-state index in [9.17, 15) is 22.8 Å². The second-order valence-electron chi connectivity index (χ2n) is 5.83. The Bertz CT molecular complexity index is 854. The van der Waals surface area contributed by atoms with Crippen LogP contribution in [0.1, 0.15) is 19.4 Å². The SMILES string of the molecule is CCOc1ccccc1OCC(=O)O[C@H](C)C(=O)Nc1ccccc1C(F)(F)F. The number of benzene rings is 2. The summed E-state index contributed by atoms with van der Waals surface area (Å²) in [5.74, 6) is -0.993. The molecule has 1 amide bonds. The van der Waals surface area contributed by atoms with Crippen LogP contribution in [0.15, 0.2) is 48.5 Å². The van der Waals surface area contributed by atoms with Gasteiger partial charge in [-0.3, -0.25) is 4.79 Å². The molecule has 1 N–H and O–H groups in total. The standard InChI is InChI=1S/C20H20F3NO5/c1-3-27-16-10-6-7-11-17(16)28-12-18(25)29-13(2)19(26)24-15-9-5-4-8-14(15)20(21,22)23/h4-11,13H,3,12H2,1-2H3,(H,24,26)/t13-/m1/s1. The van der Waals surface area contributed by atoms with E-state index in [1.807, 2.05) is 0 Å². The van der Waals surface area contributed by atoms with Crippen LogP contribution in [0.25, 0.3) is 0 Å². The van der Waals surface area contributed by atoms with Crippen LogP contribution in [-0.4, -0.2) is 31.2 Å². The molecule has 0 saturated heterocycles. The highest BCUT2D eigenvalue weighted by Gasteiger charge is 2.34. The molecule has 29 heavy (non-hydrogen) atoms. The first-order valence-corrected chi connectivity index (χ1v) is 8.73. The molecule has 2 aromatic carbocycles. The van der Waals surface area contributed by atoms with Crippen LogP contribution in [0, 0.1) is 0 Å². The van der Waals surface area contributed by atoms with Crippen molar-refractivity contribution in [3.63, 3.8) is 0 Å². The second-order valence-corrected chi connectivity index (χ2v) is 5.83. The minimum atomic E-state index is -4.63. The fourth-order valence-electron chi connectivity index (χ4n) is 2.34. The van der Waals surface area contributed by atoms with Gasteiger partial charge < -0.3 is 19.5 Å². The lowest BCUT2D eigenvalue weighted by atomic mass is 10.1. The molecule has 0 unspecified atom stereocenters. The zero-order chi connectivity index (χ0) is 21.4. The Labute approximate surface area is 165 Å². The van der Waals surface area contributed by atoms with Gasteiger partial charge in [0.25, 0.3) is 5.91 Å². The lowest BCUT2D eigenvalue weighted by Crippen LogP contribution is -2.32. The summed E-state index contributed by atoms with van der Waals surface area (Å²) in [4.78, 5) is 24.1. The molecule has 0 spiro atoms. The van der Waals surface area contributed by atoms with Gasteiger partial charge in [0.15, 0.2) is 24.2 Å². The second kappa shape index (κ2) is 9.81. The Morgan fingerprint density at radius 2 is 1.59 bits per heavy atom. The zero-order valence-corrected chi connectivity index (χ0v) is 15.8. The van der Waals surface area contributed by atoms with Gasteiger partial charge in [-0.2, -0.15) is 13.2 Å². The molecule has 0 heterocycles. The summed E-state index contributed by atoms with van der Waals surface area (Å²) in [6.07, 6.45) is -5.96. The van der Waals surface area contributed by atoms with E-state index in [-0.39, 0.29) is 0 Å². The number of para-hydroxylation sites is 3. The molecule has 0 bridgehead atoms. The van der Waals surface area contributed by atoms with Crippen molar-refractivity contribution in [2.24, 2.45) is 0 Å². The Balaban J connectivity index is 1.93. The molecule has 6 nitrogen and oxygen atoms in total. The summed E-state index contributed by atoms with van der Waals surface area (Å²) in [6, 6.07) is 11.2. The first kappa shape index (κ1) is 22.1. The number of carbonyl (C=O) groups is 2. The highest BCUT2D eigenvalue weighted by atomic mass is 19.4. The van der Waals surface area contributed by atoms with E-state index < -0.39 is 42.0 Å². The number of nitrogens with one attached hydrogen (secondary N) is 1. The maximum Gasteiger partial charge on any atom is 0.418 e. The quantitative estimate of drug-likeness (QED) is 0.664. The molecule has 0 aliphatic carbocycles. The first-order valence-electron chi connectivity index (χ1n) is 8.73. The topological polar surface area (TPSA) is 73.9 Å². The van der Waals surface area contributed by atoms with Gasteiger partial charge in [0.05, 0.1) is 17.9 Å². The highest BCUT2D eigenvalue weighted by Crippen LogP contribution is 2.34. The number of hydrogen-bond acceptors (Lipinski definition) is 5. The molecular formula is C20H20F3NO5. The molecule has 0 aliphatic heterocycles. The van der Waals surface area contributed by atoms with Gasteiger partial charge in [-0.05, 0) is 38.1 Å². The Hall–Kier alpha value is -3.23. The van der Waals surface area contributed by atoms with Gasteiger partial charge in [-0.25, -0.2) is 4.79 Å². The van der Waals surface area contributed by atoms with Crippen LogP contribution in [0.3, 0.4) is 0 Å². The van der Waals surface area contributed by atoms with Gasteiger partial charge in [-0.15, -0.1) is 0 Å². The van der Waals surface area contributed by atoms with E-state index in [1.165, 1.54) is 19.1 Å². The summed E-state index contributed by atoms with van der Waals surface area (Å²) < 4.78 is 54.6. The van der Waals surface area contributed by atoms with E-state index in [0.717, 1.165) is 12.1 Å². The monoisotopic (exact) mass is 411 g/mol. The molecule has 0 radical (unpaired) electrons. The van der Waals surface area contributed by atoms with Crippen molar-refractivity contribution < 1.29 is 37.0 Å². The third-order valence-electron chi connectivity index (χ3n) is 3.66. The average molecular weight is 411 g/mol. The number of halogens is 3. The zero-order valence-electron chi connectivity index (χ0n) is 15.8. The number of alkyl halides is 3. The predicted octanol–water partition coefficient (Wildman–Crippen LogP) is 4.05. The summed E-state index contributed by atoms with van der Waals surface area (Å²) in [6.45, 7) is 2.95. The number of rotatable bonds is 8. The fourth-order valence-corrected chi connectivity index (χ4v) is 2.34. The minimum absolute atomic E-state index is 0.322. The molecular weight excluding hydrogens is 391 g/mol. The third kappa shape index (κ3) is 6.41. The summed E-state index contributed by atoms with van der Waals surface area (Å²) in [5, 5.41) is 2.12. The van der Waals surface area contributed by atoms with Gasteiger partial charge in [-0.1, -0.05) is 24.3 Å². The maximum absolute atomic E-state index is 13.0. The molecule has 2 aromatic rings. The number of esters is 1. The Morgan fingerprint density at radius 1 is 1.00 bits per heavy atom. The van der Waals surface area contributed by atoms with Crippen molar-refractivity contribution in [1.82, 2.24) is 0 Å². The van der Waals surface area contributed by atoms with Crippen molar-refractivity contribution >= 4 is 17.6 Å². The minimum Gasteiger partial charge on any atom is -0.490 e. The molecule has 0 fully saturated rings. The van der Waals surface area contributed by atoms with E-state index >= 15 is 0 Å². The van der Waals surface area contributed by atoms with Gasteiger partial charge in [0.1, 0.15) is 0 Å². The summed E-state index contributed by atoms with van der Waals surface area (Å²) >= 11 is 0. The van der Waals surface area contributed by atoms with Gasteiger partial charge in [0.2, 0.25) is 0 Å². The molecule has 0 saturated carbocycles. The van der Waals surface area contributed by atoms with Gasteiger partial charge >= 0.3 is 12.1 Å². The smallest absolute Gasteiger partial charge is 0.418 e. The van der Waals surface area contributed by atoms with Crippen LogP contribution in [0.2, 0.25) is 0 Å². The van der Waals surface area contributed by atoms with Crippen molar-refractivity contribution in [3.05, 3.63) is 54.1 Å². The van der Waals surface area contributed by atoms with E-state index in [1.54, 1.807) is 31.2 Å². The molecule has 0 aliphatic rings. The van der Waals surface area contributed by atoms with E-state index in [2.05, 4.69) is 5.32 Å². The maximum atomic E-state index is 13.0. The van der Waals surface area contributed by atoms with Crippen molar-refractivity contribution in [3.8, 4) is 11.5 Å². The van der Waals surface area contributed by atoms with Crippen LogP contribution < -0.4 is 14.8 Å². The first-order chi connectivity index (χ1) is 13.7. The third-order valence-corrected chi connectivity index (χ3v) is 3.66. The summed E-state index contributed by atoms with van der Waals surface area (Å²) in [7, 11) is 0. The molecule has 156 valence electrons. The molecule has 1 atom stereocenters. The fraction of sp³-hybridized carbons (Fsp3) is 0.300. The predicted molar refractivity (Wildman–Crippen MR) is 98.7 cm³/mol. The molecule has 2 rings (SSSR count). The van der Waals surface area contributed by atoms with Crippen LogP contribution in [-0.2, 0) is 20.5 Å². The number of hydrogen-bond donors (Lipinski definition) is 1. The Morgan fingerprint density at radius 3 is 2.21 bits per heavy atom. The summed E-state index contributed by atoms with van der Waals surface area (Å²) in [5.41, 5.74) is -1.42. The number of amides is 1. The lowest BCUT2D eigenvalue weighted by Gasteiger charge is -2.17. The van der Waals surface area contributed by atoms with Crippen molar-refractivity contribution in [1.29, 1.82) is 0 Å². The Kier molecular flexibility index (Phi) is 7.46. The average Bonchev–Trinajstić information content (AvgIpc) is 2.67. The van der Waals surface area contributed by atoms with Gasteiger partial charge in [0, 0.05) is 0 Å². The largest absolute Gasteiger partial charge is 0.490 e. The number of ether oxygens (including phenoxy) is 3. The van der Waals surface area contributed by atoms with E-state index in [4.69, 9.17) is 14.2 Å². The highest BCUT2D eigenvalue weighted by molar-refractivity contribution is 5.95. The lowest BCUT2D eigenvalue weighted by molar-refractivity contribution is -0.155. The normalized spacial score (nSPS) is 12.0. The van der Waals surface area contributed by atoms with Crippen molar-refractivity contribution in [2.45, 2.75) is 26.1 Å². The number of anilines is 1. The van der Waals surface area contributed by atoms with E-state index in [0.29, 0.717) is 18.1 Å². The van der Waals surface area contributed by atoms with Crippen LogP contribution in [0.5, 0.6) is 11.5 Å². The van der Waals surface area contributed by atoms with Crippen LogP contribution in [0.4, 0.5) is 18.9 Å². The van der Waals surface area contributed by atoms with Crippen molar-refractivity contribution in [2.75, 3.05) is 18.5 Å². The number of carbonyl (C=O) groups excluding carboxylic acids is 2. The molecule has 0 aromatic heterocycles. The van der Waals surface area contributed by atoms with Crippen LogP contribution >= 0.6 is 0 Å².